The van der Waals surface area contributed by atoms with E-state index >= 15 is 0 Å². The SMILES string of the molecule is CC[C@@H](C=CC(=O)Nc1nnc(C(F)(F)F)s1)NC(=O)[C@@H]1CCCCN1. The van der Waals surface area contributed by atoms with E-state index in [1.54, 1.807) is 0 Å². The highest BCUT2D eigenvalue weighted by molar-refractivity contribution is 7.15. The van der Waals surface area contributed by atoms with E-state index < -0.39 is 17.1 Å². The summed E-state index contributed by atoms with van der Waals surface area (Å²) < 4.78 is 37.3. The highest BCUT2D eigenvalue weighted by Gasteiger charge is 2.35. The van der Waals surface area contributed by atoms with Crippen molar-refractivity contribution in [3.8, 4) is 0 Å². The van der Waals surface area contributed by atoms with Gasteiger partial charge in [0.05, 0.1) is 6.04 Å². The van der Waals surface area contributed by atoms with Gasteiger partial charge in [-0.2, -0.15) is 13.2 Å². The minimum atomic E-state index is -4.60. The van der Waals surface area contributed by atoms with E-state index in [2.05, 4.69) is 26.1 Å². The van der Waals surface area contributed by atoms with Gasteiger partial charge < -0.3 is 10.6 Å². The quantitative estimate of drug-likeness (QED) is 0.646. The number of nitrogens with one attached hydrogen (secondary N) is 3. The van der Waals surface area contributed by atoms with Gasteiger partial charge in [0.15, 0.2) is 0 Å². The van der Waals surface area contributed by atoms with Crippen LogP contribution in [0.1, 0.15) is 37.6 Å². The van der Waals surface area contributed by atoms with Crippen LogP contribution in [0, 0.1) is 0 Å². The molecule has 3 N–H and O–H groups in total. The first-order valence-electron chi connectivity index (χ1n) is 8.23. The molecule has 1 aromatic rings. The summed E-state index contributed by atoms with van der Waals surface area (Å²) in [4.78, 5) is 24.0. The van der Waals surface area contributed by atoms with Gasteiger partial charge in [0.2, 0.25) is 22.0 Å². The molecule has 0 aliphatic carbocycles. The Morgan fingerprint density at radius 1 is 1.38 bits per heavy atom. The van der Waals surface area contributed by atoms with Gasteiger partial charge in [-0.25, -0.2) is 0 Å². The van der Waals surface area contributed by atoms with Gasteiger partial charge in [-0.1, -0.05) is 30.8 Å². The number of rotatable bonds is 6. The fourth-order valence-electron chi connectivity index (χ4n) is 2.38. The van der Waals surface area contributed by atoms with Gasteiger partial charge in [0, 0.05) is 12.1 Å². The van der Waals surface area contributed by atoms with Gasteiger partial charge in [-0.15, -0.1) is 10.2 Å². The number of nitrogens with zero attached hydrogens (tertiary/aromatic N) is 2. The molecule has 0 saturated carbocycles. The number of carbonyl (C=O) groups excluding carboxylic acids is 2. The van der Waals surface area contributed by atoms with Crippen molar-refractivity contribution in [1.82, 2.24) is 20.8 Å². The zero-order chi connectivity index (χ0) is 19.2. The van der Waals surface area contributed by atoms with Gasteiger partial charge >= 0.3 is 6.18 Å². The second kappa shape index (κ2) is 9.08. The molecule has 0 spiro atoms. The second-order valence-corrected chi connectivity index (χ2v) is 6.76. The predicted molar refractivity (Wildman–Crippen MR) is 90.5 cm³/mol. The normalized spacial score (nSPS) is 19.3. The Bertz CT molecular complexity index is 656. The zero-order valence-electron chi connectivity index (χ0n) is 14.1. The summed E-state index contributed by atoms with van der Waals surface area (Å²) in [7, 11) is 0. The van der Waals surface area contributed by atoms with Gasteiger partial charge in [0.25, 0.3) is 0 Å². The maximum atomic E-state index is 12.4. The van der Waals surface area contributed by atoms with Crippen molar-refractivity contribution in [1.29, 1.82) is 0 Å². The molecule has 2 atom stereocenters. The first kappa shape index (κ1) is 20.3. The minimum absolute atomic E-state index is 0.124. The standard InChI is InChI=1S/C15H20F3N5O2S/c1-2-9(20-12(25)10-5-3-4-8-19-10)6-7-11(24)21-14-23-22-13(26-14)15(16,17)18/h6-7,9-10,19H,2-5,8H2,1H3,(H,20,25)(H,21,23,24)/t9-,10-/m0/s1. The smallest absolute Gasteiger partial charge is 0.349 e. The van der Waals surface area contributed by atoms with E-state index in [1.807, 2.05) is 6.92 Å². The Balaban J connectivity index is 1.86. The van der Waals surface area contributed by atoms with Crippen LogP contribution in [0.5, 0.6) is 0 Å². The number of hydrogen-bond donors (Lipinski definition) is 3. The summed E-state index contributed by atoms with van der Waals surface area (Å²) in [6.07, 6.45) is 1.44. The number of halogens is 3. The molecule has 144 valence electrons. The molecule has 2 heterocycles. The first-order chi connectivity index (χ1) is 12.3. The number of aromatic nitrogens is 2. The summed E-state index contributed by atoms with van der Waals surface area (Å²) in [5, 5.41) is 13.1. The maximum Gasteiger partial charge on any atom is 0.445 e. The summed E-state index contributed by atoms with van der Waals surface area (Å²) in [6, 6.07) is -0.584. The summed E-state index contributed by atoms with van der Waals surface area (Å²) in [5.74, 6) is -0.765. The van der Waals surface area contributed by atoms with E-state index in [0.29, 0.717) is 6.42 Å². The third-order valence-corrected chi connectivity index (χ3v) is 4.66. The lowest BCUT2D eigenvalue weighted by molar-refractivity contribution is -0.138. The van der Waals surface area contributed by atoms with Gasteiger partial charge in [0.1, 0.15) is 0 Å². The molecule has 7 nitrogen and oxygen atoms in total. The summed E-state index contributed by atoms with van der Waals surface area (Å²) in [6.45, 7) is 2.65. The van der Waals surface area contributed by atoms with Crippen LogP contribution >= 0.6 is 11.3 Å². The number of carbonyl (C=O) groups is 2. The molecule has 1 saturated heterocycles. The number of amides is 2. The molecule has 1 aliphatic rings. The summed E-state index contributed by atoms with van der Waals surface area (Å²) in [5.41, 5.74) is 0. The lowest BCUT2D eigenvalue weighted by Gasteiger charge is -2.24. The molecule has 26 heavy (non-hydrogen) atoms. The number of alkyl halides is 3. The minimum Gasteiger partial charge on any atom is -0.349 e. The summed E-state index contributed by atoms with van der Waals surface area (Å²) >= 11 is 0.247. The Kier molecular flexibility index (Phi) is 7.09. The lowest BCUT2D eigenvalue weighted by Crippen LogP contribution is -2.49. The van der Waals surface area contributed by atoms with Crippen LogP contribution < -0.4 is 16.0 Å². The fourth-order valence-corrected chi connectivity index (χ4v) is 3.00. The Morgan fingerprint density at radius 2 is 2.15 bits per heavy atom. The molecule has 1 aliphatic heterocycles. The van der Waals surface area contributed by atoms with E-state index in [-0.39, 0.29) is 34.5 Å². The highest BCUT2D eigenvalue weighted by Crippen LogP contribution is 2.32. The molecule has 0 unspecified atom stereocenters. The molecule has 1 fully saturated rings. The van der Waals surface area contributed by atoms with Crippen molar-refractivity contribution in [2.75, 3.05) is 11.9 Å². The largest absolute Gasteiger partial charge is 0.445 e. The van der Waals surface area contributed by atoms with Crippen molar-refractivity contribution in [2.45, 2.75) is 50.9 Å². The average molecular weight is 391 g/mol. The van der Waals surface area contributed by atoms with Crippen molar-refractivity contribution in [3.05, 3.63) is 17.2 Å². The predicted octanol–water partition coefficient (Wildman–Crippen LogP) is 2.09. The molecule has 2 amide bonds. The third-order valence-electron chi connectivity index (χ3n) is 3.77. The number of anilines is 1. The molecule has 11 heteroatoms. The number of piperidine rings is 1. The topological polar surface area (TPSA) is 96.0 Å². The van der Waals surface area contributed by atoms with Gasteiger partial charge in [-0.05, 0) is 25.8 Å². The van der Waals surface area contributed by atoms with Gasteiger partial charge in [-0.3, -0.25) is 14.9 Å². The van der Waals surface area contributed by atoms with Crippen LogP contribution in [0.25, 0.3) is 0 Å². The van der Waals surface area contributed by atoms with Crippen molar-refractivity contribution < 1.29 is 22.8 Å². The van der Waals surface area contributed by atoms with Crippen molar-refractivity contribution >= 4 is 28.3 Å². The molecular weight excluding hydrogens is 371 g/mol. The average Bonchev–Trinajstić information content (AvgIpc) is 3.08. The number of hydrogen-bond acceptors (Lipinski definition) is 6. The van der Waals surface area contributed by atoms with E-state index in [4.69, 9.17) is 0 Å². The highest BCUT2D eigenvalue weighted by atomic mass is 32.1. The molecule has 0 bridgehead atoms. The Labute approximate surface area is 152 Å². The van der Waals surface area contributed by atoms with Crippen LogP contribution in [-0.2, 0) is 15.8 Å². The lowest BCUT2D eigenvalue weighted by atomic mass is 10.0. The van der Waals surface area contributed by atoms with Crippen LogP contribution in [-0.4, -0.2) is 40.6 Å². The molecule has 0 radical (unpaired) electrons. The molecule has 1 aromatic heterocycles. The molecule has 2 rings (SSSR count). The third kappa shape index (κ3) is 6.06. The first-order valence-corrected chi connectivity index (χ1v) is 9.05. The second-order valence-electron chi connectivity index (χ2n) is 5.78. The Hall–Kier alpha value is -2.01. The molecular formula is C15H20F3N5O2S. The van der Waals surface area contributed by atoms with Crippen molar-refractivity contribution in [3.63, 3.8) is 0 Å². The van der Waals surface area contributed by atoms with Crippen molar-refractivity contribution in [2.24, 2.45) is 0 Å². The zero-order valence-corrected chi connectivity index (χ0v) is 14.9. The van der Waals surface area contributed by atoms with Crippen LogP contribution in [0.3, 0.4) is 0 Å². The monoisotopic (exact) mass is 391 g/mol. The maximum absolute atomic E-state index is 12.4. The van der Waals surface area contributed by atoms with Crippen LogP contribution in [0.2, 0.25) is 0 Å². The van der Waals surface area contributed by atoms with E-state index in [9.17, 15) is 22.8 Å². The van der Waals surface area contributed by atoms with Crippen LogP contribution in [0.4, 0.5) is 18.3 Å². The van der Waals surface area contributed by atoms with Crippen LogP contribution in [0.15, 0.2) is 12.2 Å². The Morgan fingerprint density at radius 3 is 2.73 bits per heavy atom. The van der Waals surface area contributed by atoms with E-state index in [0.717, 1.165) is 31.9 Å². The fraction of sp³-hybridized carbons (Fsp3) is 0.600. The van der Waals surface area contributed by atoms with E-state index in [1.165, 1.54) is 6.08 Å². The molecule has 0 aromatic carbocycles.